The highest BCUT2D eigenvalue weighted by molar-refractivity contribution is 7.85. The van der Waals surface area contributed by atoms with Gasteiger partial charge in [-0.3, -0.25) is 4.55 Å². The van der Waals surface area contributed by atoms with Crippen molar-refractivity contribution in [1.29, 1.82) is 0 Å². The van der Waals surface area contributed by atoms with Crippen LogP contribution in [0.3, 0.4) is 0 Å². The molecule has 0 aromatic heterocycles. The topological polar surface area (TPSA) is 77.8 Å². The standard InChI is InChI=1S/C13H19NO4S/c15-10-8-11-3-1-2-9-14(11)12-4-6-13(7-5-12)19(16,17)18/h4-7,11,15H,1-3,8-10H2,(H,16,17,18). The van der Waals surface area contributed by atoms with Crippen LogP contribution in [0.5, 0.6) is 0 Å². The van der Waals surface area contributed by atoms with Gasteiger partial charge in [-0.25, -0.2) is 0 Å². The second-order valence-corrected chi connectivity index (χ2v) is 6.25. The van der Waals surface area contributed by atoms with Crippen molar-refractivity contribution >= 4 is 15.8 Å². The number of nitrogens with zero attached hydrogens (tertiary/aromatic N) is 1. The van der Waals surface area contributed by atoms with E-state index in [0.29, 0.717) is 6.04 Å². The molecular weight excluding hydrogens is 266 g/mol. The maximum Gasteiger partial charge on any atom is 0.294 e. The minimum absolute atomic E-state index is 0.0908. The number of aliphatic hydroxyl groups is 1. The molecule has 106 valence electrons. The van der Waals surface area contributed by atoms with E-state index in [1.54, 1.807) is 12.1 Å². The monoisotopic (exact) mass is 285 g/mol. The number of rotatable bonds is 4. The van der Waals surface area contributed by atoms with Crippen LogP contribution in [0.1, 0.15) is 25.7 Å². The van der Waals surface area contributed by atoms with E-state index >= 15 is 0 Å². The number of hydrogen-bond acceptors (Lipinski definition) is 4. The lowest BCUT2D eigenvalue weighted by Gasteiger charge is -2.37. The molecule has 1 fully saturated rings. The largest absolute Gasteiger partial charge is 0.396 e. The first-order valence-electron chi connectivity index (χ1n) is 6.47. The van der Waals surface area contributed by atoms with Crippen LogP contribution in [0.25, 0.3) is 0 Å². The second-order valence-electron chi connectivity index (χ2n) is 4.82. The predicted octanol–water partition coefficient (Wildman–Crippen LogP) is 1.67. The van der Waals surface area contributed by atoms with Gasteiger partial charge in [0.1, 0.15) is 0 Å². The lowest BCUT2D eigenvalue weighted by atomic mass is 9.99. The third kappa shape index (κ3) is 3.46. The first kappa shape index (κ1) is 14.3. The van der Waals surface area contributed by atoms with Crippen molar-refractivity contribution < 1.29 is 18.1 Å². The Balaban J connectivity index is 2.20. The molecule has 6 heteroatoms. The third-order valence-electron chi connectivity index (χ3n) is 3.56. The van der Waals surface area contributed by atoms with Gasteiger partial charge in [0.25, 0.3) is 10.1 Å². The lowest BCUT2D eigenvalue weighted by molar-refractivity contribution is 0.262. The van der Waals surface area contributed by atoms with Crippen LogP contribution < -0.4 is 4.90 Å². The zero-order valence-corrected chi connectivity index (χ0v) is 11.5. The second kappa shape index (κ2) is 5.90. The quantitative estimate of drug-likeness (QED) is 0.823. The van der Waals surface area contributed by atoms with Gasteiger partial charge in [-0.2, -0.15) is 8.42 Å². The molecule has 5 nitrogen and oxygen atoms in total. The smallest absolute Gasteiger partial charge is 0.294 e. The molecule has 1 aromatic carbocycles. The lowest BCUT2D eigenvalue weighted by Crippen LogP contribution is -2.40. The molecule has 0 spiro atoms. The molecular formula is C13H19NO4S. The highest BCUT2D eigenvalue weighted by Crippen LogP contribution is 2.27. The molecule has 1 atom stereocenters. The molecule has 2 N–H and O–H groups in total. The van der Waals surface area contributed by atoms with Gasteiger partial charge in [0.15, 0.2) is 0 Å². The Kier molecular flexibility index (Phi) is 4.44. The summed E-state index contributed by atoms with van der Waals surface area (Å²) in [5.41, 5.74) is 0.936. The van der Waals surface area contributed by atoms with E-state index in [0.717, 1.165) is 37.9 Å². The Labute approximate surface area is 113 Å². The average molecular weight is 285 g/mol. The molecule has 1 unspecified atom stereocenters. The SMILES string of the molecule is O=S(=O)(O)c1ccc(N2CCCCC2CCO)cc1. The van der Waals surface area contributed by atoms with Crippen LogP contribution in [0.4, 0.5) is 5.69 Å². The zero-order chi connectivity index (χ0) is 13.9. The zero-order valence-electron chi connectivity index (χ0n) is 10.7. The molecule has 0 amide bonds. The predicted molar refractivity (Wildman–Crippen MR) is 72.9 cm³/mol. The summed E-state index contributed by atoms with van der Waals surface area (Å²) in [6, 6.07) is 6.54. The fourth-order valence-corrected chi connectivity index (χ4v) is 3.08. The Hall–Kier alpha value is -1.11. The van der Waals surface area contributed by atoms with Crippen LogP contribution >= 0.6 is 0 Å². The van der Waals surface area contributed by atoms with Gasteiger partial charge in [0.2, 0.25) is 0 Å². The van der Waals surface area contributed by atoms with E-state index in [4.69, 9.17) is 9.66 Å². The van der Waals surface area contributed by atoms with Gasteiger partial charge >= 0.3 is 0 Å². The van der Waals surface area contributed by atoms with Crippen molar-refractivity contribution in [2.24, 2.45) is 0 Å². The van der Waals surface area contributed by atoms with E-state index in [9.17, 15) is 8.42 Å². The summed E-state index contributed by atoms with van der Waals surface area (Å²) in [5.74, 6) is 0. The molecule has 1 heterocycles. The van der Waals surface area contributed by atoms with Crippen molar-refractivity contribution in [2.45, 2.75) is 36.6 Å². The van der Waals surface area contributed by atoms with E-state index in [1.807, 2.05) is 0 Å². The van der Waals surface area contributed by atoms with Gasteiger partial charge in [0.05, 0.1) is 4.90 Å². The van der Waals surface area contributed by atoms with Crippen LogP contribution in [0, 0.1) is 0 Å². The molecule has 19 heavy (non-hydrogen) atoms. The van der Waals surface area contributed by atoms with Gasteiger partial charge < -0.3 is 10.0 Å². The Morgan fingerprint density at radius 3 is 2.47 bits per heavy atom. The van der Waals surface area contributed by atoms with Crippen molar-refractivity contribution in [3.63, 3.8) is 0 Å². The maximum atomic E-state index is 11.0. The van der Waals surface area contributed by atoms with Crippen LogP contribution in [-0.4, -0.2) is 37.3 Å². The first-order valence-corrected chi connectivity index (χ1v) is 7.91. The Bertz CT molecular complexity index is 510. The van der Waals surface area contributed by atoms with E-state index in [-0.39, 0.29) is 11.5 Å². The normalized spacial score (nSPS) is 20.5. The number of benzene rings is 1. The fourth-order valence-electron chi connectivity index (χ4n) is 2.60. The summed E-state index contributed by atoms with van der Waals surface area (Å²) in [6.07, 6.45) is 4.02. The Morgan fingerprint density at radius 2 is 1.89 bits per heavy atom. The molecule has 1 aliphatic heterocycles. The van der Waals surface area contributed by atoms with Gasteiger partial charge in [0, 0.05) is 24.9 Å². The summed E-state index contributed by atoms with van der Waals surface area (Å²) in [7, 11) is -4.13. The van der Waals surface area contributed by atoms with Crippen molar-refractivity contribution in [3.05, 3.63) is 24.3 Å². The van der Waals surface area contributed by atoms with Gasteiger partial charge in [-0.05, 0) is 49.9 Å². The number of aliphatic hydroxyl groups excluding tert-OH is 1. The van der Waals surface area contributed by atoms with Crippen LogP contribution in [0.2, 0.25) is 0 Å². The summed E-state index contributed by atoms with van der Waals surface area (Å²) < 4.78 is 30.9. The van der Waals surface area contributed by atoms with Crippen LogP contribution in [0.15, 0.2) is 29.2 Å². The van der Waals surface area contributed by atoms with E-state index < -0.39 is 10.1 Å². The highest BCUT2D eigenvalue weighted by atomic mass is 32.2. The molecule has 1 saturated heterocycles. The summed E-state index contributed by atoms with van der Waals surface area (Å²) in [5, 5.41) is 9.09. The maximum absolute atomic E-state index is 11.0. The number of piperidine rings is 1. The van der Waals surface area contributed by atoms with E-state index in [1.165, 1.54) is 12.1 Å². The first-order chi connectivity index (χ1) is 9.02. The molecule has 0 bridgehead atoms. The Morgan fingerprint density at radius 1 is 1.21 bits per heavy atom. The summed E-state index contributed by atoms with van der Waals surface area (Å²) >= 11 is 0. The fraction of sp³-hybridized carbons (Fsp3) is 0.538. The van der Waals surface area contributed by atoms with Crippen molar-refractivity contribution in [3.8, 4) is 0 Å². The summed E-state index contributed by atoms with van der Waals surface area (Å²) in [4.78, 5) is 2.11. The van der Waals surface area contributed by atoms with Gasteiger partial charge in [-0.15, -0.1) is 0 Å². The number of anilines is 1. The molecule has 0 aliphatic carbocycles. The molecule has 2 rings (SSSR count). The average Bonchev–Trinajstić information content (AvgIpc) is 2.39. The minimum Gasteiger partial charge on any atom is -0.396 e. The van der Waals surface area contributed by atoms with Gasteiger partial charge in [-0.1, -0.05) is 0 Å². The highest BCUT2D eigenvalue weighted by Gasteiger charge is 2.22. The summed E-state index contributed by atoms with van der Waals surface area (Å²) in [6.45, 7) is 1.07. The molecule has 1 aliphatic rings. The number of hydrogen-bond donors (Lipinski definition) is 2. The minimum atomic E-state index is -4.13. The molecule has 1 aromatic rings. The molecule has 0 saturated carbocycles. The van der Waals surface area contributed by atoms with Crippen molar-refractivity contribution in [1.82, 2.24) is 0 Å². The third-order valence-corrected chi connectivity index (χ3v) is 4.42. The van der Waals surface area contributed by atoms with Crippen LogP contribution in [-0.2, 0) is 10.1 Å². The van der Waals surface area contributed by atoms with Crippen molar-refractivity contribution in [2.75, 3.05) is 18.1 Å². The van der Waals surface area contributed by atoms with E-state index in [2.05, 4.69) is 4.90 Å². The molecule has 0 radical (unpaired) electrons.